The number of carbonyl (C=O) groups is 1. The summed E-state index contributed by atoms with van der Waals surface area (Å²) in [7, 11) is 0. The summed E-state index contributed by atoms with van der Waals surface area (Å²) in [4.78, 5) is 15.3. The Hall–Kier alpha value is -1.66. The second-order valence-electron chi connectivity index (χ2n) is 3.48. The fraction of sp³-hybridized carbons (Fsp3) is 0.0909. The first-order chi connectivity index (χ1) is 8.47. The molecule has 0 aliphatic heterocycles. The summed E-state index contributed by atoms with van der Waals surface area (Å²) in [5.74, 6) is -1.59. The number of benzene rings is 1. The van der Waals surface area contributed by atoms with Crippen LogP contribution in [-0.2, 0) is 0 Å². The molecule has 2 rings (SSSR count). The average molecular weight is 287 g/mol. The molecule has 0 aliphatic carbocycles. The van der Waals surface area contributed by atoms with E-state index in [0.29, 0.717) is 15.0 Å². The van der Waals surface area contributed by atoms with Gasteiger partial charge >= 0.3 is 5.97 Å². The molecule has 0 bridgehead atoms. The average Bonchev–Trinajstić information content (AvgIpc) is 2.65. The zero-order chi connectivity index (χ0) is 13.3. The van der Waals surface area contributed by atoms with Crippen LogP contribution in [0.2, 0.25) is 5.02 Å². The van der Waals surface area contributed by atoms with Gasteiger partial charge in [0.15, 0.2) is 10.8 Å². The highest BCUT2D eigenvalue weighted by molar-refractivity contribution is 7.15. The maximum absolute atomic E-state index is 13.5. The normalized spacial score (nSPS) is 10.4. The molecular formula is C11H8ClFN2O2S. The zero-order valence-electron chi connectivity index (χ0n) is 9.20. The number of carboxylic acids is 1. The number of nitrogens with zero attached hydrogens (tertiary/aromatic N) is 1. The van der Waals surface area contributed by atoms with E-state index >= 15 is 0 Å². The summed E-state index contributed by atoms with van der Waals surface area (Å²) in [6.07, 6.45) is 0. The minimum absolute atomic E-state index is 0.0371. The molecule has 4 nitrogen and oxygen atoms in total. The van der Waals surface area contributed by atoms with Crippen molar-refractivity contribution in [2.45, 2.75) is 6.92 Å². The van der Waals surface area contributed by atoms with Crippen LogP contribution in [0.3, 0.4) is 0 Å². The van der Waals surface area contributed by atoms with Crippen molar-refractivity contribution in [3.8, 4) is 0 Å². The lowest BCUT2D eigenvalue weighted by Gasteiger charge is -2.04. The monoisotopic (exact) mass is 286 g/mol. The van der Waals surface area contributed by atoms with E-state index in [4.69, 9.17) is 16.7 Å². The van der Waals surface area contributed by atoms with Crippen LogP contribution in [-0.4, -0.2) is 16.1 Å². The topological polar surface area (TPSA) is 62.2 Å². The van der Waals surface area contributed by atoms with Crippen LogP contribution in [0.4, 0.5) is 15.2 Å². The largest absolute Gasteiger partial charge is 0.476 e. The lowest BCUT2D eigenvalue weighted by atomic mass is 10.3. The van der Waals surface area contributed by atoms with Gasteiger partial charge in [0.2, 0.25) is 0 Å². The molecule has 1 heterocycles. The molecule has 0 saturated heterocycles. The van der Waals surface area contributed by atoms with E-state index in [1.165, 1.54) is 18.2 Å². The maximum atomic E-state index is 13.5. The van der Waals surface area contributed by atoms with Gasteiger partial charge in [-0.3, -0.25) is 0 Å². The first-order valence-electron chi connectivity index (χ1n) is 4.90. The fourth-order valence-corrected chi connectivity index (χ4v) is 2.35. The Morgan fingerprint density at radius 2 is 2.28 bits per heavy atom. The molecule has 2 N–H and O–H groups in total. The number of rotatable bonds is 3. The molecule has 0 radical (unpaired) electrons. The summed E-state index contributed by atoms with van der Waals surface area (Å²) in [5, 5.41) is 12.3. The van der Waals surface area contributed by atoms with Crippen molar-refractivity contribution in [1.29, 1.82) is 0 Å². The summed E-state index contributed by atoms with van der Waals surface area (Å²) >= 11 is 6.89. The molecule has 0 saturated carbocycles. The van der Waals surface area contributed by atoms with E-state index in [1.807, 2.05) is 0 Å². The van der Waals surface area contributed by atoms with E-state index in [9.17, 15) is 9.18 Å². The predicted octanol–water partition coefficient (Wildman–Crippen LogP) is 3.69. The molecule has 18 heavy (non-hydrogen) atoms. The van der Waals surface area contributed by atoms with Crippen LogP contribution in [0.1, 0.15) is 15.4 Å². The smallest absolute Gasteiger partial charge is 0.355 e. The number of thiazole rings is 1. The number of halogens is 2. The maximum Gasteiger partial charge on any atom is 0.355 e. The van der Waals surface area contributed by atoms with E-state index in [2.05, 4.69) is 10.3 Å². The Morgan fingerprint density at radius 1 is 1.56 bits per heavy atom. The van der Waals surface area contributed by atoms with E-state index in [1.54, 1.807) is 6.92 Å². The van der Waals surface area contributed by atoms with Gasteiger partial charge < -0.3 is 10.4 Å². The molecule has 94 valence electrons. The number of carboxylic acid groups (broad SMARTS) is 1. The van der Waals surface area contributed by atoms with Crippen LogP contribution in [0.15, 0.2) is 18.2 Å². The fourth-order valence-electron chi connectivity index (χ4n) is 1.36. The van der Waals surface area contributed by atoms with Crippen LogP contribution < -0.4 is 5.32 Å². The van der Waals surface area contributed by atoms with Crippen molar-refractivity contribution in [3.05, 3.63) is 39.6 Å². The van der Waals surface area contributed by atoms with E-state index in [0.717, 1.165) is 11.3 Å². The number of hydrogen-bond donors (Lipinski definition) is 2. The lowest BCUT2D eigenvalue weighted by molar-refractivity contribution is 0.0690. The molecule has 0 atom stereocenters. The highest BCUT2D eigenvalue weighted by Crippen LogP contribution is 2.28. The van der Waals surface area contributed by atoms with Gasteiger partial charge in [-0.1, -0.05) is 11.6 Å². The van der Waals surface area contributed by atoms with E-state index < -0.39 is 11.8 Å². The summed E-state index contributed by atoms with van der Waals surface area (Å²) in [5.41, 5.74) is 0.123. The van der Waals surface area contributed by atoms with Gasteiger partial charge in [-0.25, -0.2) is 14.2 Å². The first-order valence-corrected chi connectivity index (χ1v) is 6.09. The van der Waals surface area contributed by atoms with Gasteiger partial charge in [-0.2, -0.15) is 0 Å². The standard InChI is InChI=1S/C11H8ClFN2O2S/c1-5-9(10(16)17)15-11(18-5)14-8-4-6(12)2-3-7(8)13/h2-4H,1H3,(H,14,15)(H,16,17). The Morgan fingerprint density at radius 3 is 2.89 bits per heavy atom. The number of nitrogens with one attached hydrogen (secondary N) is 1. The van der Waals surface area contributed by atoms with E-state index in [-0.39, 0.29) is 11.4 Å². The van der Waals surface area contributed by atoms with Crippen LogP contribution in [0.25, 0.3) is 0 Å². The zero-order valence-corrected chi connectivity index (χ0v) is 10.8. The number of hydrogen-bond acceptors (Lipinski definition) is 4. The van der Waals surface area contributed by atoms with Crippen LogP contribution in [0, 0.1) is 12.7 Å². The van der Waals surface area contributed by atoms with Crippen molar-refractivity contribution in [3.63, 3.8) is 0 Å². The minimum atomic E-state index is -1.11. The third kappa shape index (κ3) is 2.60. The summed E-state index contributed by atoms with van der Waals surface area (Å²) in [6.45, 7) is 1.64. The highest BCUT2D eigenvalue weighted by Gasteiger charge is 2.15. The SMILES string of the molecule is Cc1sc(Nc2cc(Cl)ccc2F)nc1C(=O)O. The van der Waals surface area contributed by atoms with Gasteiger partial charge in [-0.15, -0.1) is 11.3 Å². The number of anilines is 2. The van der Waals surface area contributed by atoms with Crippen LogP contribution in [0.5, 0.6) is 0 Å². The molecule has 0 spiro atoms. The quantitative estimate of drug-likeness (QED) is 0.903. The second kappa shape index (κ2) is 4.91. The minimum Gasteiger partial charge on any atom is -0.476 e. The Balaban J connectivity index is 2.31. The first kappa shape index (κ1) is 12.8. The third-order valence-electron chi connectivity index (χ3n) is 2.17. The molecule has 0 aliphatic rings. The highest BCUT2D eigenvalue weighted by atomic mass is 35.5. The van der Waals surface area contributed by atoms with Crippen molar-refractivity contribution >= 4 is 39.7 Å². The third-order valence-corrected chi connectivity index (χ3v) is 3.29. The van der Waals surface area contributed by atoms with Crippen molar-refractivity contribution in [2.75, 3.05) is 5.32 Å². The van der Waals surface area contributed by atoms with Gasteiger partial charge in [0.25, 0.3) is 0 Å². The van der Waals surface area contributed by atoms with Crippen LogP contribution >= 0.6 is 22.9 Å². The van der Waals surface area contributed by atoms with Gasteiger partial charge in [-0.05, 0) is 25.1 Å². The molecule has 2 aromatic rings. The van der Waals surface area contributed by atoms with Gasteiger partial charge in [0, 0.05) is 9.90 Å². The molecule has 0 amide bonds. The molecule has 7 heteroatoms. The Kier molecular flexibility index (Phi) is 3.49. The predicted molar refractivity (Wildman–Crippen MR) is 68.5 cm³/mol. The number of aromatic carboxylic acids is 1. The second-order valence-corrected chi connectivity index (χ2v) is 5.12. The van der Waals surface area contributed by atoms with Crippen molar-refractivity contribution < 1.29 is 14.3 Å². The Labute approximate surface area is 111 Å². The van der Waals surface area contributed by atoms with Crippen molar-refractivity contribution in [2.24, 2.45) is 0 Å². The van der Waals surface area contributed by atoms with Crippen molar-refractivity contribution in [1.82, 2.24) is 4.98 Å². The molecule has 1 aromatic carbocycles. The Bertz CT molecular complexity index is 615. The lowest BCUT2D eigenvalue weighted by Crippen LogP contribution is -1.99. The van der Waals surface area contributed by atoms with Gasteiger partial charge in [0.1, 0.15) is 5.82 Å². The summed E-state index contributed by atoms with van der Waals surface area (Å²) in [6, 6.07) is 4.06. The number of aryl methyl sites for hydroxylation is 1. The molecule has 1 aromatic heterocycles. The molecular weight excluding hydrogens is 279 g/mol. The number of aromatic nitrogens is 1. The molecule has 0 fully saturated rings. The summed E-state index contributed by atoms with van der Waals surface area (Å²) < 4.78 is 13.5. The van der Waals surface area contributed by atoms with Gasteiger partial charge in [0.05, 0.1) is 5.69 Å². The molecule has 0 unspecified atom stereocenters.